The van der Waals surface area contributed by atoms with E-state index in [1.807, 2.05) is 24.1 Å². The maximum atomic E-state index is 14.6. The molecule has 0 aliphatic heterocycles. The van der Waals surface area contributed by atoms with Gasteiger partial charge in [-0.25, -0.2) is 18.7 Å². The largest absolute Gasteiger partial charge is 0.494 e. The molecule has 0 unspecified atom stereocenters. The van der Waals surface area contributed by atoms with Crippen LogP contribution in [0.2, 0.25) is 0 Å². The van der Waals surface area contributed by atoms with Gasteiger partial charge in [0.2, 0.25) is 0 Å². The smallest absolute Gasteiger partial charge is 0.166 e. The van der Waals surface area contributed by atoms with E-state index in [2.05, 4.69) is 4.98 Å². The predicted molar refractivity (Wildman–Crippen MR) is 120 cm³/mol. The normalized spacial score (nSPS) is 11.0. The summed E-state index contributed by atoms with van der Waals surface area (Å²) in [6.07, 6.45) is 3.36. The number of benzene rings is 2. The first-order valence-corrected chi connectivity index (χ1v) is 9.98. The van der Waals surface area contributed by atoms with Crippen LogP contribution < -0.4 is 9.64 Å². The van der Waals surface area contributed by atoms with Crippen molar-refractivity contribution in [2.75, 3.05) is 39.3 Å². The van der Waals surface area contributed by atoms with Gasteiger partial charge in [-0.1, -0.05) is 12.1 Å². The van der Waals surface area contributed by atoms with Crippen molar-refractivity contribution in [2.45, 2.75) is 0 Å². The van der Waals surface area contributed by atoms with Gasteiger partial charge in [-0.2, -0.15) is 0 Å². The highest BCUT2D eigenvalue weighted by atomic mass is 19.2. The Labute approximate surface area is 184 Å². The third-order valence-corrected chi connectivity index (χ3v) is 5.14. The van der Waals surface area contributed by atoms with Gasteiger partial charge in [0.25, 0.3) is 0 Å². The van der Waals surface area contributed by atoms with Crippen LogP contribution in [0.1, 0.15) is 0 Å². The average molecular weight is 436 g/mol. The number of fused-ring (bicyclic) bond motifs is 1. The Morgan fingerprint density at radius 1 is 1.00 bits per heavy atom. The summed E-state index contributed by atoms with van der Waals surface area (Å²) in [6.45, 7) is 1.05. The molecule has 0 radical (unpaired) electrons. The Balaban J connectivity index is 2.00. The molecule has 8 heteroatoms. The quantitative estimate of drug-likeness (QED) is 0.418. The number of anilines is 1. The molecule has 32 heavy (non-hydrogen) atoms. The second-order valence-electron chi connectivity index (χ2n) is 7.20. The summed E-state index contributed by atoms with van der Waals surface area (Å²) in [5, 5.41) is 0.647. The van der Waals surface area contributed by atoms with Gasteiger partial charge in [-0.15, -0.1) is 0 Å². The van der Waals surface area contributed by atoms with E-state index < -0.39 is 11.6 Å². The van der Waals surface area contributed by atoms with E-state index in [4.69, 9.17) is 19.4 Å². The first-order chi connectivity index (χ1) is 15.5. The van der Waals surface area contributed by atoms with E-state index in [1.165, 1.54) is 19.2 Å². The summed E-state index contributed by atoms with van der Waals surface area (Å²) in [5.74, 6) is -0.316. The van der Waals surface area contributed by atoms with Crippen LogP contribution in [0.3, 0.4) is 0 Å². The third-order valence-electron chi connectivity index (χ3n) is 5.14. The van der Waals surface area contributed by atoms with E-state index in [0.29, 0.717) is 47.0 Å². The molecule has 0 amide bonds. The fraction of sp³-hybridized carbons (Fsp3) is 0.208. The van der Waals surface area contributed by atoms with Gasteiger partial charge >= 0.3 is 0 Å². The SMILES string of the molecule is COCCN(C)c1nc(-c2cccnc2)nc2c(OC)cc(-c3cccc(F)c3F)cc12. The fourth-order valence-corrected chi connectivity index (χ4v) is 3.47. The molecule has 0 saturated heterocycles. The lowest BCUT2D eigenvalue weighted by molar-refractivity contribution is 0.206. The second-order valence-corrected chi connectivity index (χ2v) is 7.20. The van der Waals surface area contributed by atoms with Crippen molar-refractivity contribution in [1.82, 2.24) is 15.0 Å². The van der Waals surface area contributed by atoms with Crippen LogP contribution in [-0.2, 0) is 4.74 Å². The Hall–Kier alpha value is -3.65. The first kappa shape index (κ1) is 21.6. The lowest BCUT2D eigenvalue weighted by atomic mass is 10.0. The zero-order valence-electron chi connectivity index (χ0n) is 18.0. The van der Waals surface area contributed by atoms with Crippen LogP contribution in [-0.4, -0.2) is 49.4 Å². The lowest BCUT2D eigenvalue weighted by Gasteiger charge is -2.21. The van der Waals surface area contributed by atoms with E-state index in [1.54, 1.807) is 31.6 Å². The number of aromatic nitrogens is 3. The monoisotopic (exact) mass is 436 g/mol. The number of pyridine rings is 1. The minimum absolute atomic E-state index is 0.132. The predicted octanol–water partition coefficient (Wildman–Crippen LogP) is 4.73. The lowest BCUT2D eigenvalue weighted by Crippen LogP contribution is -2.23. The standard InChI is InChI=1S/C24H22F2N4O2/c1-30(10-11-31-2)24-18-12-16(17-7-4-8-19(25)21(17)26)13-20(32-3)22(18)28-23(29-24)15-6-5-9-27-14-15/h4-9,12-14H,10-11H2,1-3H3. The Bertz CT molecular complexity index is 1250. The van der Waals surface area contributed by atoms with Crippen LogP contribution in [0.5, 0.6) is 5.75 Å². The molecule has 0 N–H and O–H groups in total. The van der Waals surface area contributed by atoms with Crippen molar-refractivity contribution in [3.63, 3.8) is 0 Å². The van der Waals surface area contributed by atoms with E-state index in [-0.39, 0.29) is 5.56 Å². The third kappa shape index (κ3) is 4.09. The summed E-state index contributed by atoms with van der Waals surface area (Å²) in [7, 11) is 5.03. The minimum Gasteiger partial charge on any atom is -0.494 e. The second kappa shape index (κ2) is 9.23. The van der Waals surface area contributed by atoms with Gasteiger partial charge < -0.3 is 14.4 Å². The molecular weight excluding hydrogens is 414 g/mol. The number of ether oxygens (including phenoxy) is 2. The first-order valence-electron chi connectivity index (χ1n) is 9.98. The van der Waals surface area contributed by atoms with Crippen LogP contribution in [0, 0.1) is 11.6 Å². The molecule has 6 nitrogen and oxygen atoms in total. The van der Waals surface area contributed by atoms with Crippen LogP contribution in [0.25, 0.3) is 33.4 Å². The molecule has 2 heterocycles. The molecule has 0 bridgehead atoms. The van der Waals surface area contributed by atoms with Crippen molar-refractivity contribution in [1.29, 1.82) is 0 Å². The maximum absolute atomic E-state index is 14.6. The average Bonchev–Trinajstić information content (AvgIpc) is 2.83. The number of nitrogens with zero attached hydrogens (tertiary/aromatic N) is 4. The maximum Gasteiger partial charge on any atom is 0.166 e. The molecule has 164 valence electrons. The van der Waals surface area contributed by atoms with Gasteiger partial charge in [0.1, 0.15) is 17.1 Å². The van der Waals surface area contributed by atoms with Crippen molar-refractivity contribution in [3.8, 4) is 28.3 Å². The van der Waals surface area contributed by atoms with Crippen LogP contribution in [0.15, 0.2) is 54.9 Å². The fourth-order valence-electron chi connectivity index (χ4n) is 3.47. The Morgan fingerprint density at radius 3 is 2.56 bits per heavy atom. The highest BCUT2D eigenvalue weighted by Gasteiger charge is 2.19. The molecule has 4 aromatic rings. The number of hydrogen-bond acceptors (Lipinski definition) is 6. The molecule has 2 aromatic carbocycles. The Kier molecular flexibility index (Phi) is 6.23. The summed E-state index contributed by atoms with van der Waals surface area (Å²) in [4.78, 5) is 15.6. The van der Waals surface area contributed by atoms with Gasteiger partial charge in [-0.05, 0) is 35.9 Å². The number of likely N-dealkylation sites (N-methyl/N-ethyl adjacent to an activating group) is 1. The molecule has 0 fully saturated rings. The minimum atomic E-state index is -0.920. The van der Waals surface area contributed by atoms with Crippen LogP contribution in [0.4, 0.5) is 14.6 Å². The van der Waals surface area contributed by atoms with Crippen molar-refractivity contribution in [2.24, 2.45) is 0 Å². The van der Waals surface area contributed by atoms with Crippen molar-refractivity contribution < 1.29 is 18.3 Å². The van der Waals surface area contributed by atoms with Crippen molar-refractivity contribution in [3.05, 3.63) is 66.5 Å². The highest BCUT2D eigenvalue weighted by Crippen LogP contribution is 2.37. The van der Waals surface area contributed by atoms with Gasteiger partial charge in [0.15, 0.2) is 17.5 Å². The molecule has 0 saturated carbocycles. The zero-order chi connectivity index (χ0) is 22.7. The van der Waals surface area contributed by atoms with E-state index in [0.717, 1.165) is 11.6 Å². The topological polar surface area (TPSA) is 60.4 Å². The molecule has 0 aliphatic carbocycles. The molecule has 4 rings (SSSR count). The summed E-state index contributed by atoms with van der Waals surface area (Å²) in [6, 6.07) is 11.2. The Morgan fingerprint density at radius 2 is 1.84 bits per heavy atom. The van der Waals surface area contributed by atoms with E-state index >= 15 is 0 Å². The number of rotatable bonds is 7. The van der Waals surface area contributed by atoms with Crippen molar-refractivity contribution >= 4 is 16.7 Å². The molecule has 2 aromatic heterocycles. The summed E-state index contributed by atoms with van der Waals surface area (Å²) in [5.41, 5.74) is 1.90. The highest BCUT2D eigenvalue weighted by molar-refractivity contribution is 5.98. The van der Waals surface area contributed by atoms with E-state index in [9.17, 15) is 8.78 Å². The van der Waals surface area contributed by atoms with Crippen LogP contribution >= 0.6 is 0 Å². The number of hydrogen-bond donors (Lipinski definition) is 0. The summed E-state index contributed by atoms with van der Waals surface area (Å²) < 4.78 is 39.3. The zero-order valence-corrected chi connectivity index (χ0v) is 18.0. The summed E-state index contributed by atoms with van der Waals surface area (Å²) >= 11 is 0. The number of halogens is 2. The molecule has 0 atom stereocenters. The molecule has 0 spiro atoms. The van der Waals surface area contributed by atoms with Gasteiger partial charge in [0, 0.05) is 49.6 Å². The molecule has 0 aliphatic rings. The van der Waals surface area contributed by atoms with Gasteiger partial charge in [-0.3, -0.25) is 4.98 Å². The molecular formula is C24H22F2N4O2. The number of methoxy groups -OCH3 is 2. The van der Waals surface area contributed by atoms with Gasteiger partial charge in [0.05, 0.1) is 13.7 Å².